The van der Waals surface area contributed by atoms with Crippen LogP contribution in [0.3, 0.4) is 0 Å². The molecule has 78 valence electrons. The van der Waals surface area contributed by atoms with Crippen LogP contribution in [0.4, 0.5) is 8.78 Å². The molecule has 0 bridgehead atoms. The number of pyridine rings is 1. The lowest BCUT2D eigenvalue weighted by Gasteiger charge is -2.05. The van der Waals surface area contributed by atoms with Gasteiger partial charge in [0.25, 0.3) is 5.78 Å². The van der Waals surface area contributed by atoms with Crippen LogP contribution in [0.1, 0.15) is 10.5 Å². The summed E-state index contributed by atoms with van der Waals surface area (Å²) in [5.41, 5.74) is 0.187. The van der Waals surface area contributed by atoms with Crippen LogP contribution in [0, 0.1) is 0 Å². The molecule has 0 spiro atoms. The van der Waals surface area contributed by atoms with E-state index < -0.39 is 11.2 Å². The maximum Gasteiger partial charge on any atom is 0.386 e. The van der Waals surface area contributed by atoms with Crippen LogP contribution in [0.5, 0.6) is 0 Å². The van der Waals surface area contributed by atoms with Crippen molar-refractivity contribution in [1.82, 2.24) is 9.38 Å². The van der Waals surface area contributed by atoms with Gasteiger partial charge in [-0.3, -0.25) is 9.20 Å². The Kier molecular flexibility index (Phi) is 2.19. The molecule has 0 amide bonds. The number of hydrogen-bond acceptors (Lipinski definition) is 2. The van der Waals surface area contributed by atoms with Crippen LogP contribution in [0.15, 0.2) is 30.6 Å². The van der Waals surface area contributed by atoms with E-state index in [0.29, 0.717) is 5.65 Å². The lowest BCUT2D eigenvalue weighted by Crippen LogP contribution is -2.22. The average molecular weight is 231 g/mol. The lowest BCUT2D eigenvalue weighted by molar-refractivity contribution is 0.0529. The molecule has 2 aromatic rings. The number of rotatable bonds is 2. The number of hydrogen-bond donors (Lipinski definition) is 0. The molecule has 0 unspecified atom stereocenters. The van der Waals surface area contributed by atoms with E-state index >= 15 is 0 Å². The van der Waals surface area contributed by atoms with Crippen molar-refractivity contribution < 1.29 is 13.6 Å². The fraction of sp³-hybridized carbons (Fsp3) is 0.111. The van der Waals surface area contributed by atoms with Gasteiger partial charge in [-0.25, -0.2) is 4.98 Å². The summed E-state index contributed by atoms with van der Waals surface area (Å²) >= 11 is 4.65. The standard InChI is InChI=1S/C9H5ClF2N2O/c10-9(11,12)8(15)6-5-13-7-3-1-2-4-14(6)7/h1-5H. The zero-order valence-electron chi connectivity index (χ0n) is 7.32. The van der Waals surface area contributed by atoms with Crippen molar-refractivity contribution in [2.75, 3.05) is 0 Å². The van der Waals surface area contributed by atoms with Gasteiger partial charge in [-0.05, 0) is 23.7 Å². The Bertz CT molecular complexity index is 518. The number of imidazole rings is 1. The van der Waals surface area contributed by atoms with E-state index in [9.17, 15) is 13.6 Å². The van der Waals surface area contributed by atoms with Crippen LogP contribution in [0.2, 0.25) is 0 Å². The number of carbonyl (C=O) groups is 1. The van der Waals surface area contributed by atoms with Crippen molar-refractivity contribution in [3.63, 3.8) is 0 Å². The van der Waals surface area contributed by atoms with Crippen LogP contribution in [-0.2, 0) is 0 Å². The number of halogens is 3. The highest BCUT2D eigenvalue weighted by atomic mass is 35.5. The molecule has 0 aromatic carbocycles. The molecule has 2 rings (SSSR count). The number of fused-ring (bicyclic) bond motifs is 1. The maximum absolute atomic E-state index is 12.6. The summed E-state index contributed by atoms with van der Waals surface area (Å²) in [5, 5.41) is -3.90. The van der Waals surface area contributed by atoms with Gasteiger partial charge < -0.3 is 0 Å². The molecular formula is C9H5ClF2N2O. The largest absolute Gasteiger partial charge is 0.386 e. The van der Waals surface area contributed by atoms with Gasteiger partial charge in [-0.1, -0.05) is 6.07 Å². The van der Waals surface area contributed by atoms with Gasteiger partial charge in [0.05, 0.1) is 6.20 Å². The molecule has 0 atom stereocenters. The number of Topliss-reactive ketones (excluding diaryl/α,β-unsaturated/α-hetero) is 1. The molecule has 2 heterocycles. The highest BCUT2D eigenvalue weighted by Crippen LogP contribution is 2.24. The summed E-state index contributed by atoms with van der Waals surface area (Å²) in [6, 6.07) is 4.90. The molecule has 0 N–H and O–H groups in total. The third kappa shape index (κ3) is 1.70. The van der Waals surface area contributed by atoms with E-state index in [4.69, 9.17) is 0 Å². The first-order valence-corrected chi connectivity index (χ1v) is 4.41. The second-order valence-corrected chi connectivity index (χ2v) is 3.37. The van der Waals surface area contributed by atoms with Crippen LogP contribution in [-0.4, -0.2) is 20.5 Å². The SMILES string of the molecule is O=C(c1cnc2ccccn12)C(F)(F)Cl. The van der Waals surface area contributed by atoms with E-state index in [1.807, 2.05) is 0 Å². The minimum atomic E-state index is -3.90. The molecule has 0 fully saturated rings. The predicted molar refractivity (Wildman–Crippen MR) is 50.3 cm³/mol. The fourth-order valence-electron chi connectivity index (χ4n) is 1.25. The van der Waals surface area contributed by atoms with Gasteiger partial charge in [0.15, 0.2) is 0 Å². The maximum atomic E-state index is 12.6. The Hall–Kier alpha value is -1.49. The Balaban J connectivity index is 2.58. The average Bonchev–Trinajstić information content (AvgIpc) is 2.58. The quantitative estimate of drug-likeness (QED) is 0.586. The Morgan fingerprint density at radius 3 is 2.87 bits per heavy atom. The molecule has 0 radical (unpaired) electrons. The van der Waals surface area contributed by atoms with Gasteiger partial charge in [0.1, 0.15) is 11.3 Å². The van der Waals surface area contributed by atoms with E-state index in [1.54, 1.807) is 18.2 Å². The molecule has 6 heteroatoms. The molecular weight excluding hydrogens is 226 g/mol. The number of aromatic nitrogens is 2. The monoisotopic (exact) mass is 230 g/mol. The third-order valence-corrected chi connectivity index (χ3v) is 2.08. The van der Waals surface area contributed by atoms with Crippen LogP contribution < -0.4 is 0 Å². The van der Waals surface area contributed by atoms with E-state index in [-0.39, 0.29) is 5.69 Å². The van der Waals surface area contributed by atoms with Crippen molar-refractivity contribution in [1.29, 1.82) is 0 Å². The lowest BCUT2D eigenvalue weighted by atomic mass is 10.3. The Morgan fingerprint density at radius 1 is 1.47 bits per heavy atom. The van der Waals surface area contributed by atoms with Gasteiger partial charge >= 0.3 is 5.38 Å². The summed E-state index contributed by atoms with van der Waals surface area (Å²) in [6.45, 7) is 0. The topological polar surface area (TPSA) is 34.4 Å². The first kappa shape index (κ1) is 10.0. The first-order chi connectivity index (χ1) is 7.00. The van der Waals surface area contributed by atoms with Gasteiger partial charge in [-0.2, -0.15) is 8.78 Å². The number of alkyl halides is 3. The molecule has 3 nitrogen and oxygen atoms in total. The Morgan fingerprint density at radius 2 is 2.20 bits per heavy atom. The zero-order chi connectivity index (χ0) is 11.1. The summed E-state index contributed by atoms with van der Waals surface area (Å²) in [6.07, 6.45) is 2.55. The first-order valence-electron chi connectivity index (χ1n) is 4.04. The van der Waals surface area contributed by atoms with Gasteiger partial charge in [0.2, 0.25) is 0 Å². The second kappa shape index (κ2) is 3.27. The summed E-state index contributed by atoms with van der Waals surface area (Å²) in [5.74, 6) is -1.46. The fourth-order valence-corrected chi connectivity index (χ4v) is 1.34. The van der Waals surface area contributed by atoms with E-state index in [1.165, 1.54) is 10.6 Å². The predicted octanol–water partition coefficient (Wildman–Crippen LogP) is 2.35. The van der Waals surface area contributed by atoms with Crippen molar-refractivity contribution in [2.45, 2.75) is 5.38 Å². The molecule has 15 heavy (non-hydrogen) atoms. The molecule has 0 aliphatic carbocycles. The molecule has 0 aliphatic rings. The van der Waals surface area contributed by atoms with Gasteiger partial charge in [0, 0.05) is 6.20 Å². The molecule has 0 saturated heterocycles. The number of carbonyl (C=O) groups excluding carboxylic acids is 1. The number of nitrogens with zero attached hydrogens (tertiary/aromatic N) is 2. The summed E-state index contributed by atoms with van der Waals surface area (Å²) in [4.78, 5) is 15.0. The smallest absolute Gasteiger partial charge is 0.297 e. The number of ketones is 1. The van der Waals surface area contributed by atoms with Crippen molar-refractivity contribution >= 4 is 23.0 Å². The van der Waals surface area contributed by atoms with Crippen LogP contribution in [0.25, 0.3) is 5.65 Å². The van der Waals surface area contributed by atoms with Crippen LogP contribution >= 0.6 is 11.6 Å². The normalized spacial score (nSPS) is 11.9. The van der Waals surface area contributed by atoms with E-state index in [0.717, 1.165) is 6.20 Å². The Labute approximate surface area is 88.3 Å². The highest BCUT2D eigenvalue weighted by Gasteiger charge is 2.38. The molecule has 0 aliphatic heterocycles. The zero-order valence-corrected chi connectivity index (χ0v) is 8.08. The minimum absolute atomic E-state index is 0.231. The van der Waals surface area contributed by atoms with Crippen molar-refractivity contribution in [2.24, 2.45) is 0 Å². The van der Waals surface area contributed by atoms with E-state index in [2.05, 4.69) is 16.6 Å². The molecule has 0 saturated carbocycles. The summed E-state index contributed by atoms with van der Waals surface area (Å²) in [7, 11) is 0. The minimum Gasteiger partial charge on any atom is -0.297 e. The third-order valence-electron chi connectivity index (χ3n) is 1.91. The van der Waals surface area contributed by atoms with Crippen molar-refractivity contribution in [3.05, 3.63) is 36.3 Å². The highest BCUT2D eigenvalue weighted by molar-refractivity contribution is 6.35. The van der Waals surface area contributed by atoms with Gasteiger partial charge in [-0.15, -0.1) is 0 Å². The molecule has 2 aromatic heterocycles. The second-order valence-electron chi connectivity index (χ2n) is 2.90. The van der Waals surface area contributed by atoms with Crippen molar-refractivity contribution in [3.8, 4) is 0 Å². The summed E-state index contributed by atoms with van der Waals surface area (Å²) < 4.78 is 26.4.